The first-order valence-electron chi connectivity index (χ1n) is 7.64. The van der Waals surface area contributed by atoms with Gasteiger partial charge in [0.15, 0.2) is 5.82 Å². The van der Waals surface area contributed by atoms with Crippen LogP contribution in [0.5, 0.6) is 0 Å². The van der Waals surface area contributed by atoms with Crippen molar-refractivity contribution in [3.05, 3.63) is 11.7 Å². The maximum atomic E-state index is 5.45. The van der Waals surface area contributed by atoms with Crippen molar-refractivity contribution in [3.8, 4) is 0 Å². The predicted molar refractivity (Wildman–Crippen MR) is 77.7 cm³/mol. The Morgan fingerprint density at radius 2 is 2.00 bits per heavy atom. The highest BCUT2D eigenvalue weighted by atomic mass is 16.5. The molecular formula is C15H27N3O2. The molecule has 1 unspecified atom stereocenters. The molecule has 2 heterocycles. The highest BCUT2D eigenvalue weighted by molar-refractivity contribution is 4.99. The van der Waals surface area contributed by atoms with Gasteiger partial charge in [-0.25, -0.2) is 0 Å². The van der Waals surface area contributed by atoms with E-state index in [2.05, 4.69) is 43.2 Å². The zero-order valence-corrected chi connectivity index (χ0v) is 13.1. The molecule has 0 bridgehead atoms. The smallest absolute Gasteiger partial charge is 0.228 e. The summed E-state index contributed by atoms with van der Waals surface area (Å²) in [4.78, 5) is 4.60. The van der Waals surface area contributed by atoms with E-state index in [1.165, 1.54) is 0 Å². The SMILES string of the molecule is CCNC(Cc1nc(C2CCOCC2)no1)C(C)(C)C. The maximum Gasteiger partial charge on any atom is 0.228 e. The average molecular weight is 281 g/mol. The van der Waals surface area contributed by atoms with Gasteiger partial charge < -0.3 is 14.6 Å². The minimum Gasteiger partial charge on any atom is -0.381 e. The number of ether oxygens (including phenoxy) is 1. The van der Waals surface area contributed by atoms with Crippen molar-refractivity contribution in [3.63, 3.8) is 0 Å². The summed E-state index contributed by atoms with van der Waals surface area (Å²) in [7, 11) is 0. The van der Waals surface area contributed by atoms with Crippen LogP contribution >= 0.6 is 0 Å². The fourth-order valence-corrected chi connectivity index (χ4v) is 2.58. The van der Waals surface area contributed by atoms with Crippen molar-refractivity contribution in [2.75, 3.05) is 19.8 Å². The third-order valence-corrected chi connectivity index (χ3v) is 3.94. The molecule has 0 aliphatic carbocycles. The van der Waals surface area contributed by atoms with Crippen LogP contribution in [0.3, 0.4) is 0 Å². The van der Waals surface area contributed by atoms with Gasteiger partial charge in [0, 0.05) is 31.6 Å². The lowest BCUT2D eigenvalue weighted by molar-refractivity contribution is 0.0830. The molecule has 5 heteroatoms. The quantitative estimate of drug-likeness (QED) is 0.898. The minimum absolute atomic E-state index is 0.170. The number of nitrogens with zero attached hydrogens (tertiary/aromatic N) is 2. The molecule has 1 N–H and O–H groups in total. The first kappa shape index (κ1) is 15.4. The Kier molecular flexibility index (Phi) is 5.16. The summed E-state index contributed by atoms with van der Waals surface area (Å²) >= 11 is 0. The maximum absolute atomic E-state index is 5.45. The molecule has 1 aromatic heterocycles. The molecule has 0 saturated carbocycles. The molecule has 5 nitrogen and oxygen atoms in total. The van der Waals surface area contributed by atoms with Gasteiger partial charge in [-0.2, -0.15) is 4.98 Å². The molecule has 1 aliphatic rings. The van der Waals surface area contributed by atoms with Gasteiger partial charge in [0.25, 0.3) is 0 Å². The second kappa shape index (κ2) is 6.68. The summed E-state index contributed by atoms with van der Waals surface area (Å²) in [5.41, 5.74) is 0.170. The van der Waals surface area contributed by atoms with Crippen molar-refractivity contribution < 1.29 is 9.26 Å². The van der Waals surface area contributed by atoms with Crippen LogP contribution in [0.15, 0.2) is 4.52 Å². The fourth-order valence-electron chi connectivity index (χ4n) is 2.58. The van der Waals surface area contributed by atoms with Gasteiger partial charge in [-0.3, -0.25) is 0 Å². The van der Waals surface area contributed by atoms with Crippen molar-refractivity contribution in [1.82, 2.24) is 15.5 Å². The lowest BCUT2D eigenvalue weighted by atomic mass is 9.84. The number of rotatable bonds is 5. The van der Waals surface area contributed by atoms with Gasteiger partial charge in [0.2, 0.25) is 5.89 Å². The summed E-state index contributed by atoms with van der Waals surface area (Å²) in [5, 5.41) is 7.68. The Balaban J connectivity index is 2.00. The molecule has 2 rings (SSSR count). The normalized spacial score (nSPS) is 19.2. The minimum atomic E-state index is 0.170. The van der Waals surface area contributed by atoms with Crippen LogP contribution in [0.2, 0.25) is 0 Å². The standard InChI is InChI=1S/C15H27N3O2/c1-5-16-12(15(2,3)4)10-13-17-14(18-20-13)11-6-8-19-9-7-11/h11-12,16H,5-10H2,1-4H3. The molecule has 1 atom stereocenters. The monoisotopic (exact) mass is 281 g/mol. The fraction of sp³-hybridized carbons (Fsp3) is 0.867. The zero-order chi connectivity index (χ0) is 14.6. The van der Waals surface area contributed by atoms with E-state index >= 15 is 0 Å². The van der Waals surface area contributed by atoms with E-state index in [9.17, 15) is 0 Å². The van der Waals surface area contributed by atoms with Crippen molar-refractivity contribution in [2.45, 2.75) is 58.9 Å². The topological polar surface area (TPSA) is 60.2 Å². The Hall–Kier alpha value is -0.940. The molecule has 0 aromatic carbocycles. The largest absolute Gasteiger partial charge is 0.381 e. The highest BCUT2D eigenvalue weighted by Gasteiger charge is 2.27. The Labute approximate surface area is 121 Å². The van der Waals surface area contributed by atoms with E-state index < -0.39 is 0 Å². The molecule has 114 valence electrons. The third kappa shape index (κ3) is 4.03. The first-order valence-corrected chi connectivity index (χ1v) is 7.64. The van der Waals surface area contributed by atoms with Gasteiger partial charge in [-0.05, 0) is 24.8 Å². The summed E-state index contributed by atoms with van der Waals surface area (Å²) in [6.45, 7) is 11.4. The van der Waals surface area contributed by atoms with Crippen LogP contribution < -0.4 is 5.32 Å². The van der Waals surface area contributed by atoms with Gasteiger partial charge in [-0.1, -0.05) is 32.9 Å². The van der Waals surface area contributed by atoms with E-state index in [0.717, 1.165) is 50.7 Å². The summed E-state index contributed by atoms with van der Waals surface area (Å²) in [6, 6.07) is 0.343. The van der Waals surface area contributed by atoms with Gasteiger partial charge in [0.1, 0.15) is 0 Å². The van der Waals surface area contributed by atoms with E-state index in [0.29, 0.717) is 12.0 Å². The molecule has 20 heavy (non-hydrogen) atoms. The van der Waals surface area contributed by atoms with Crippen LogP contribution in [0, 0.1) is 5.41 Å². The van der Waals surface area contributed by atoms with Crippen molar-refractivity contribution >= 4 is 0 Å². The molecule has 0 radical (unpaired) electrons. The van der Waals surface area contributed by atoms with E-state index in [4.69, 9.17) is 9.26 Å². The molecule has 1 aliphatic heterocycles. The number of aromatic nitrogens is 2. The first-order chi connectivity index (χ1) is 9.50. The van der Waals surface area contributed by atoms with E-state index in [-0.39, 0.29) is 5.41 Å². The van der Waals surface area contributed by atoms with Crippen LogP contribution in [0.4, 0.5) is 0 Å². The average Bonchev–Trinajstić information content (AvgIpc) is 2.87. The summed E-state index contributed by atoms with van der Waals surface area (Å²) in [5.74, 6) is 1.99. The van der Waals surface area contributed by atoms with Crippen LogP contribution in [-0.2, 0) is 11.2 Å². The van der Waals surface area contributed by atoms with Crippen molar-refractivity contribution in [2.24, 2.45) is 5.41 Å². The Morgan fingerprint density at radius 3 is 2.60 bits per heavy atom. The third-order valence-electron chi connectivity index (χ3n) is 3.94. The Bertz CT molecular complexity index is 405. The molecule has 1 saturated heterocycles. The molecule has 1 aromatic rings. The van der Waals surface area contributed by atoms with Crippen LogP contribution in [0.25, 0.3) is 0 Å². The molecular weight excluding hydrogens is 254 g/mol. The van der Waals surface area contributed by atoms with Gasteiger partial charge in [-0.15, -0.1) is 0 Å². The number of nitrogens with one attached hydrogen (secondary N) is 1. The summed E-state index contributed by atoms with van der Waals surface area (Å²) in [6.07, 6.45) is 2.78. The van der Waals surface area contributed by atoms with Crippen LogP contribution in [-0.4, -0.2) is 35.9 Å². The van der Waals surface area contributed by atoms with E-state index in [1.807, 2.05) is 0 Å². The lowest BCUT2D eigenvalue weighted by Gasteiger charge is -2.30. The predicted octanol–water partition coefficient (Wildman–Crippen LogP) is 2.53. The Morgan fingerprint density at radius 1 is 1.30 bits per heavy atom. The van der Waals surface area contributed by atoms with Gasteiger partial charge in [0.05, 0.1) is 0 Å². The molecule has 0 spiro atoms. The number of hydrogen-bond acceptors (Lipinski definition) is 5. The van der Waals surface area contributed by atoms with Crippen LogP contribution in [0.1, 0.15) is 58.2 Å². The molecule has 0 amide bonds. The molecule has 1 fully saturated rings. The zero-order valence-electron chi connectivity index (χ0n) is 13.1. The number of likely N-dealkylation sites (N-methyl/N-ethyl adjacent to an activating group) is 1. The lowest BCUT2D eigenvalue weighted by Crippen LogP contribution is -2.41. The second-order valence-corrected chi connectivity index (χ2v) is 6.61. The van der Waals surface area contributed by atoms with E-state index in [1.54, 1.807) is 0 Å². The van der Waals surface area contributed by atoms with Gasteiger partial charge >= 0.3 is 0 Å². The number of hydrogen-bond donors (Lipinski definition) is 1. The van der Waals surface area contributed by atoms with Crippen molar-refractivity contribution in [1.29, 1.82) is 0 Å². The highest BCUT2D eigenvalue weighted by Crippen LogP contribution is 2.26. The second-order valence-electron chi connectivity index (χ2n) is 6.61. The summed E-state index contributed by atoms with van der Waals surface area (Å²) < 4.78 is 10.8.